The molecule has 0 spiro atoms. The van der Waals surface area contributed by atoms with E-state index in [0.29, 0.717) is 5.02 Å². The van der Waals surface area contributed by atoms with Crippen molar-refractivity contribution in [1.29, 1.82) is 0 Å². The van der Waals surface area contributed by atoms with Gasteiger partial charge in [0.15, 0.2) is 0 Å². The van der Waals surface area contributed by atoms with Crippen LogP contribution in [0.25, 0.3) is 11.3 Å². The van der Waals surface area contributed by atoms with Crippen LogP contribution in [0, 0.1) is 0 Å². The number of nitrogens with one attached hydrogen (secondary N) is 1. The minimum Gasteiger partial charge on any atom is -0.349 e. The Morgan fingerprint density at radius 2 is 2.08 bits per heavy atom. The number of anilines is 1. The molecule has 0 radical (unpaired) electrons. The van der Waals surface area contributed by atoms with Crippen LogP contribution in [0.3, 0.4) is 0 Å². The van der Waals surface area contributed by atoms with Crippen molar-refractivity contribution in [1.82, 2.24) is 14.9 Å². The number of carbonyl (C=O) groups excluding carboxylic acids is 2. The maximum absolute atomic E-state index is 12.1. The van der Waals surface area contributed by atoms with E-state index in [1.807, 2.05) is 18.2 Å². The van der Waals surface area contributed by atoms with E-state index < -0.39 is 0 Å². The van der Waals surface area contributed by atoms with Crippen molar-refractivity contribution < 1.29 is 9.59 Å². The first-order chi connectivity index (χ1) is 12.3. The quantitative estimate of drug-likeness (QED) is 0.859. The molecule has 1 aromatic heterocycles. The summed E-state index contributed by atoms with van der Waals surface area (Å²) >= 11 is 7.87. The highest BCUT2D eigenvalue weighted by atomic mass is 35.5. The van der Waals surface area contributed by atoms with Crippen molar-refractivity contribution in [2.75, 3.05) is 19.4 Å². The Bertz CT molecular complexity index is 872. The minimum atomic E-state index is -0.287. The zero-order chi connectivity index (χ0) is 18.8. The fraction of sp³-hybridized carbons (Fsp3) is 0.333. The van der Waals surface area contributed by atoms with Crippen molar-refractivity contribution in [3.05, 3.63) is 35.0 Å². The number of thioether (sulfide) groups is 1. The molecule has 136 valence electrons. The molecule has 2 heterocycles. The first kappa shape index (κ1) is 18.7. The van der Waals surface area contributed by atoms with Crippen LogP contribution < -0.4 is 5.32 Å². The first-order valence-electron chi connectivity index (χ1n) is 8.18. The first-order valence-corrected chi connectivity index (χ1v) is 9.44. The van der Waals surface area contributed by atoms with E-state index in [1.54, 1.807) is 32.1 Å². The number of rotatable bonds is 4. The topological polar surface area (TPSA) is 75.2 Å². The molecule has 1 aliphatic heterocycles. The molecular formula is C18H19ClN4O2S. The minimum absolute atomic E-state index is 0.0894. The fourth-order valence-electron chi connectivity index (χ4n) is 2.64. The summed E-state index contributed by atoms with van der Waals surface area (Å²) in [5.41, 5.74) is 2.73. The molecular weight excluding hydrogens is 372 g/mol. The van der Waals surface area contributed by atoms with Crippen LogP contribution >= 0.6 is 23.4 Å². The Balaban J connectivity index is 1.81. The second kappa shape index (κ2) is 7.63. The number of carbonyl (C=O) groups is 2. The fourth-order valence-corrected chi connectivity index (χ4v) is 3.92. The molecule has 0 bridgehead atoms. The molecule has 0 fully saturated rings. The zero-order valence-electron chi connectivity index (χ0n) is 14.7. The van der Waals surface area contributed by atoms with Gasteiger partial charge >= 0.3 is 0 Å². The molecule has 3 rings (SSSR count). The van der Waals surface area contributed by atoms with Gasteiger partial charge in [0.1, 0.15) is 0 Å². The lowest BCUT2D eigenvalue weighted by Gasteiger charge is -2.24. The average Bonchev–Trinajstić information content (AvgIpc) is 2.60. The summed E-state index contributed by atoms with van der Waals surface area (Å²) < 4.78 is 0. The summed E-state index contributed by atoms with van der Waals surface area (Å²) in [5.74, 6) is -0.151. The van der Waals surface area contributed by atoms with E-state index in [4.69, 9.17) is 11.6 Å². The standard InChI is InChI=1S/C18H19ClN4O2S/c1-10-13-9-20-18(21-15(24)6-7-16(25)23(2)3)22-17(13)12-8-11(19)4-5-14(12)26-10/h4-5,8-10H,6-7H2,1-3H3,(H,20,21,22,24). The number of halogens is 1. The molecule has 26 heavy (non-hydrogen) atoms. The molecule has 8 heteroatoms. The van der Waals surface area contributed by atoms with E-state index in [1.165, 1.54) is 4.90 Å². The van der Waals surface area contributed by atoms with Crippen molar-refractivity contribution in [2.45, 2.75) is 29.9 Å². The lowest BCUT2D eigenvalue weighted by atomic mass is 10.0. The Hall–Kier alpha value is -2.12. The molecule has 6 nitrogen and oxygen atoms in total. The van der Waals surface area contributed by atoms with Crippen molar-refractivity contribution >= 4 is 41.1 Å². The van der Waals surface area contributed by atoms with Crippen molar-refractivity contribution in [3.8, 4) is 11.3 Å². The van der Waals surface area contributed by atoms with Gasteiger partial charge in [0.05, 0.1) is 5.69 Å². The number of aromatic nitrogens is 2. The maximum Gasteiger partial charge on any atom is 0.229 e. The van der Waals surface area contributed by atoms with Gasteiger partial charge in [-0.3, -0.25) is 14.9 Å². The predicted octanol–water partition coefficient (Wildman–Crippen LogP) is 3.77. The van der Waals surface area contributed by atoms with Gasteiger partial charge in [-0.25, -0.2) is 9.97 Å². The maximum atomic E-state index is 12.1. The van der Waals surface area contributed by atoms with Crippen molar-refractivity contribution in [2.24, 2.45) is 0 Å². The van der Waals surface area contributed by atoms with E-state index in [0.717, 1.165) is 21.7 Å². The van der Waals surface area contributed by atoms with E-state index in [-0.39, 0.29) is 35.9 Å². The van der Waals surface area contributed by atoms with Crippen LogP contribution in [0.5, 0.6) is 0 Å². The van der Waals surface area contributed by atoms with Crippen LogP contribution in [0.2, 0.25) is 5.02 Å². The predicted molar refractivity (Wildman–Crippen MR) is 103 cm³/mol. The molecule has 1 unspecified atom stereocenters. The number of fused-ring (bicyclic) bond motifs is 3. The lowest BCUT2D eigenvalue weighted by Crippen LogP contribution is -2.24. The van der Waals surface area contributed by atoms with E-state index in [9.17, 15) is 9.59 Å². The highest BCUT2D eigenvalue weighted by Crippen LogP contribution is 2.48. The van der Waals surface area contributed by atoms with Crippen LogP contribution in [0.4, 0.5) is 5.95 Å². The second-order valence-electron chi connectivity index (χ2n) is 6.23. The summed E-state index contributed by atoms with van der Waals surface area (Å²) in [4.78, 5) is 35.0. The molecule has 2 amide bonds. The van der Waals surface area contributed by atoms with Gasteiger partial charge in [-0.15, -0.1) is 11.8 Å². The molecule has 1 aliphatic rings. The Kier molecular flexibility index (Phi) is 5.48. The number of nitrogens with zero attached hydrogens (tertiary/aromatic N) is 3. The Morgan fingerprint density at radius 3 is 2.81 bits per heavy atom. The van der Waals surface area contributed by atoms with E-state index in [2.05, 4.69) is 22.2 Å². The van der Waals surface area contributed by atoms with E-state index >= 15 is 0 Å². The van der Waals surface area contributed by atoms with Crippen LogP contribution in [0.15, 0.2) is 29.3 Å². The molecule has 1 atom stereocenters. The summed E-state index contributed by atoms with van der Waals surface area (Å²) in [6.07, 6.45) is 1.98. The van der Waals surface area contributed by atoms with Gasteiger partial charge < -0.3 is 4.90 Å². The van der Waals surface area contributed by atoms with Gasteiger partial charge in [0.25, 0.3) is 0 Å². The number of hydrogen-bond donors (Lipinski definition) is 1. The van der Waals surface area contributed by atoms with Gasteiger partial charge in [-0.2, -0.15) is 0 Å². The largest absolute Gasteiger partial charge is 0.349 e. The third kappa shape index (κ3) is 3.99. The average molecular weight is 391 g/mol. The highest BCUT2D eigenvalue weighted by Gasteiger charge is 2.25. The molecule has 0 saturated carbocycles. The molecule has 1 aromatic carbocycles. The van der Waals surface area contributed by atoms with Gasteiger partial charge in [0.2, 0.25) is 17.8 Å². The summed E-state index contributed by atoms with van der Waals surface area (Å²) in [6, 6.07) is 5.72. The third-order valence-electron chi connectivity index (χ3n) is 4.07. The van der Waals surface area contributed by atoms with Crippen molar-refractivity contribution in [3.63, 3.8) is 0 Å². The normalized spacial score (nSPS) is 15.0. The molecule has 2 aromatic rings. The number of benzene rings is 1. The van der Waals surface area contributed by atoms with Crippen LogP contribution in [0.1, 0.15) is 30.6 Å². The molecule has 1 N–H and O–H groups in total. The monoisotopic (exact) mass is 390 g/mol. The number of amides is 2. The SMILES string of the molecule is CC1Sc2ccc(Cl)cc2-c2nc(NC(=O)CCC(=O)N(C)C)ncc21. The number of hydrogen-bond acceptors (Lipinski definition) is 5. The molecule has 0 saturated heterocycles. The Morgan fingerprint density at radius 1 is 1.31 bits per heavy atom. The Labute approximate surface area is 161 Å². The van der Waals surface area contributed by atoms with Gasteiger partial charge in [-0.1, -0.05) is 11.6 Å². The lowest BCUT2D eigenvalue weighted by molar-refractivity contribution is -0.130. The highest BCUT2D eigenvalue weighted by molar-refractivity contribution is 7.99. The third-order valence-corrected chi connectivity index (χ3v) is 5.52. The van der Waals surface area contributed by atoms with Gasteiger partial charge in [-0.05, 0) is 25.1 Å². The smallest absolute Gasteiger partial charge is 0.229 e. The molecule has 0 aliphatic carbocycles. The summed E-state index contributed by atoms with van der Waals surface area (Å²) in [7, 11) is 3.32. The summed E-state index contributed by atoms with van der Waals surface area (Å²) in [5, 5.41) is 3.52. The van der Waals surface area contributed by atoms with Gasteiger partial charge in [0, 0.05) is 59.4 Å². The summed E-state index contributed by atoms with van der Waals surface area (Å²) in [6.45, 7) is 2.09. The van der Waals surface area contributed by atoms with Crippen LogP contribution in [-0.2, 0) is 9.59 Å². The second-order valence-corrected chi connectivity index (χ2v) is 8.05. The zero-order valence-corrected chi connectivity index (χ0v) is 16.3. The van der Waals surface area contributed by atoms with Crippen LogP contribution in [-0.4, -0.2) is 40.8 Å².